The summed E-state index contributed by atoms with van der Waals surface area (Å²) < 4.78 is 34.5. The van der Waals surface area contributed by atoms with Gasteiger partial charge in [-0.15, -0.1) is 0 Å². The Hall–Kier alpha value is -4.13. The summed E-state index contributed by atoms with van der Waals surface area (Å²) >= 11 is 8.47. The standard InChI is InChI=1S/C45H65ClN4O12S/c1-27-14-13-15-34(58-10)45(56)26-33(60-42(55)48-45)28(2)40-44(6,62-40)35(25-38(53)50(8)31-23-30(22-27)24-32(57-9)39(31)46)61-41(54)29(3)49(7)37(52)16-18-43(4,5)63-21-12-11-19-59-20-17-36(47)51/h11-15,23-24,28-29,33-35,40,56H,16-22,25-26H2,1-10H3,(H2,47,51)(H,48,55)/b12-11+,15-13+,27-14+/t28-,29+,33+,34-,35+,40+,44+,45+/m1/s1. The van der Waals surface area contributed by atoms with Gasteiger partial charge in [0.2, 0.25) is 17.7 Å². The zero-order chi connectivity index (χ0) is 46.9. The van der Waals surface area contributed by atoms with Gasteiger partial charge in [0.1, 0.15) is 40.7 Å². The molecule has 4 bridgehead atoms. The number of rotatable bonds is 16. The lowest BCUT2D eigenvalue weighted by Crippen LogP contribution is -2.63. The van der Waals surface area contributed by atoms with Crippen LogP contribution in [0.2, 0.25) is 5.02 Å². The van der Waals surface area contributed by atoms with Crippen LogP contribution in [0.1, 0.15) is 79.2 Å². The number of aliphatic hydroxyl groups is 1. The van der Waals surface area contributed by atoms with E-state index in [1.165, 1.54) is 31.1 Å². The predicted octanol–water partition coefficient (Wildman–Crippen LogP) is 5.25. The molecule has 0 aliphatic carbocycles. The first-order valence-corrected chi connectivity index (χ1v) is 22.4. The Morgan fingerprint density at radius 1 is 1.21 bits per heavy atom. The molecule has 1 aromatic carbocycles. The van der Waals surface area contributed by atoms with Gasteiger partial charge in [0.05, 0.1) is 38.5 Å². The van der Waals surface area contributed by atoms with E-state index < -0.39 is 71.6 Å². The molecule has 3 heterocycles. The number of allylic oxidation sites excluding steroid dienone is 3. The van der Waals surface area contributed by atoms with E-state index in [1.54, 1.807) is 63.9 Å². The lowest BCUT2D eigenvalue weighted by molar-refractivity contribution is -0.162. The minimum atomic E-state index is -1.85. The molecule has 0 radical (unpaired) electrons. The van der Waals surface area contributed by atoms with Crippen LogP contribution >= 0.6 is 23.4 Å². The number of hydrogen-bond donors (Lipinski definition) is 3. The number of amides is 4. The number of methoxy groups -OCH3 is 2. The van der Waals surface area contributed by atoms with E-state index in [0.29, 0.717) is 36.6 Å². The molecule has 0 saturated carbocycles. The highest BCUT2D eigenvalue weighted by Gasteiger charge is 2.64. The van der Waals surface area contributed by atoms with Crippen molar-refractivity contribution in [1.29, 1.82) is 0 Å². The number of halogens is 1. The molecule has 4 rings (SSSR count). The number of nitrogens with two attached hydrogens (primary N) is 1. The van der Waals surface area contributed by atoms with Crippen molar-refractivity contribution in [1.82, 2.24) is 10.2 Å². The topological polar surface area (TPSA) is 209 Å². The van der Waals surface area contributed by atoms with Crippen molar-refractivity contribution < 1.29 is 57.5 Å². The van der Waals surface area contributed by atoms with Gasteiger partial charge < -0.3 is 49.1 Å². The molecular weight excluding hydrogens is 856 g/mol. The van der Waals surface area contributed by atoms with Gasteiger partial charge in [0.25, 0.3) is 0 Å². The Bertz CT molecular complexity index is 1930. The summed E-state index contributed by atoms with van der Waals surface area (Å²) in [6.45, 7) is 11.7. The molecule has 0 aromatic heterocycles. The minimum absolute atomic E-state index is 0.0672. The number of hydrogen-bond acceptors (Lipinski definition) is 13. The van der Waals surface area contributed by atoms with Gasteiger partial charge in [0, 0.05) is 56.9 Å². The van der Waals surface area contributed by atoms with Crippen molar-refractivity contribution in [2.75, 3.05) is 52.2 Å². The molecule has 3 aliphatic heterocycles. The maximum atomic E-state index is 14.3. The molecule has 2 fully saturated rings. The quantitative estimate of drug-likeness (QED) is 0.0839. The number of ether oxygens (including phenoxy) is 6. The highest BCUT2D eigenvalue weighted by atomic mass is 35.5. The number of epoxide rings is 1. The van der Waals surface area contributed by atoms with Gasteiger partial charge in [-0.05, 0) is 51.3 Å². The Morgan fingerprint density at radius 3 is 2.59 bits per heavy atom. The molecule has 4 N–H and O–H groups in total. The van der Waals surface area contributed by atoms with Crippen LogP contribution in [0.15, 0.2) is 48.1 Å². The summed E-state index contributed by atoms with van der Waals surface area (Å²) in [5, 5.41) is 14.5. The van der Waals surface area contributed by atoms with E-state index in [2.05, 4.69) is 5.32 Å². The van der Waals surface area contributed by atoms with Gasteiger partial charge in [-0.2, -0.15) is 11.8 Å². The van der Waals surface area contributed by atoms with Crippen molar-refractivity contribution >= 4 is 58.8 Å². The first kappa shape index (κ1) is 51.5. The molecule has 4 amide bonds. The Kier molecular flexibility index (Phi) is 18.1. The van der Waals surface area contributed by atoms with E-state index in [1.807, 2.05) is 39.0 Å². The largest absolute Gasteiger partial charge is 0.495 e. The molecule has 2 saturated heterocycles. The SMILES string of the molecule is COc1cc2cc(c1Cl)N(C)C(=O)C[C@H](OC(=O)[C@H](C)N(C)C(=O)CCC(C)(C)SC/C=C/COCCC(N)=O)[C@]1(C)O[C@H]1[C@H](C)[C@@H]1C[C@@](O)(NC(=O)O1)[C@H](OC)/C=C/C=C(\C)C2. The number of alkyl carbamates (subject to hydrolysis) is 1. The van der Waals surface area contributed by atoms with E-state index in [9.17, 15) is 29.1 Å². The number of fused-ring (bicyclic) bond motifs is 5. The van der Waals surface area contributed by atoms with Crippen molar-refractivity contribution in [2.45, 2.75) is 127 Å². The summed E-state index contributed by atoms with van der Waals surface area (Å²) in [6, 6.07) is 2.55. The molecule has 0 spiro atoms. The van der Waals surface area contributed by atoms with Crippen LogP contribution in [0.5, 0.6) is 5.75 Å². The summed E-state index contributed by atoms with van der Waals surface area (Å²) in [5.41, 5.74) is 4.12. The second-order valence-corrected chi connectivity index (χ2v) is 19.3. The fraction of sp³-hybridized carbons (Fsp3) is 0.622. The fourth-order valence-electron chi connectivity index (χ4n) is 7.61. The van der Waals surface area contributed by atoms with E-state index >= 15 is 0 Å². The highest BCUT2D eigenvalue weighted by molar-refractivity contribution is 8.00. The van der Waals surface area contributed by atoms with Crippen LogP contribution in [0.4, 0.5) is 10.5 Å². The smallest absolute Gasteiger partial charge is 0.409 e. The van der Waals surface area contributed by atoms with Gasteiger partial charge in [0.15, 0.2) is 5.72 Å². The first-order chi connectivity index (χ1) is 29.5. The molecule has 8 atom stereocenters. The Morgan fingerprint density at radius 2 is 1.92 bits per heavy atom. The average Bonchev–Trinajstić information content (AvgIpc) is 3.92. The lowest BCUT2D eigenvalue weighted by Gasteiger charge is -2.42. The Balaban J connectivity index is 1.56. The molecule has 3 aliphatic rings. The maximum Gasteiger partial charge on any atom is 0.409 e. The molecule has 16 nitrogen and oxygen atoms in total. The third kappa shape index (κ3) is 13.7. The third-order valence-electron chi connectivity index (χ3n) is 11.9. The van der Waals surface area contributed by atoms with E-state index in [-0.39, 0.29) is 48.0 Å². The van der Waals surface area contributed by atoms with Crippen LogP contribution in [0.25, 0.3) is 0 Å². The Labute approximate surface area is 380 Å². The number of nitrogens with one attached hydrogen (secondary N) is 1. The van der Waals surface area contributed by atoms with Crippen LogP contribution in [-0.2, 0) is 49.3 Å². The highest BCUT2D eigenvalue weighted by Crippen LogP contribution is 2.49. The van der Waals surface area contributed by atoms with Crippen LogP contribution in [0, 0.1) is 5.92 Å². The zero-order valence-corrected chi connectivity index (χ0v) is 39.6. The number of carbonyl (C=O) groups is 5. The second kappa shape index (κ2) is 22.2. The number of thioether (sulfide) groups is 1. The van der Waals surface area contributed by atoms with Gasteiger partial charge in [-0.3, -0.25) is 19.7 Å². The predicted molar refractivity (Wildman–Crippen MR) is 240 cm³/mol. The zero-order valence-electron chi connectivity index (χ0n) is 38.1. The molecule has 18 heteroatoms. The summed E-state index contributed by atoms with van der Waals surface area (Å²) in [7, 11) is 6.02. The van der Waals surface area contributed by atoms with Crippen LogP contribution in [-0.4, -0.2) is 134 Å². The van der Waals surface area contributed by atoms with Gasteiger partial charge >= 0.3 is 12.1 Å². The minimum Gasteiger partial charge on any atom is -0.495 e. The van der Waals surface area contributed by atoms with Crippen molar-refractivity contribution in [3.63, 3.8) is 0 Å². The second-order valence-electron chi connectivity index (χ2n) is 17.2. The van der Waals surface area contributed by atoms with Crippen molar-refractivity contribution in [3.8, 4) is 5.75 Å². The fourth-order valence-corrected chi connectivity index (χ4v) is 8.85. The number of esters is 1. The number of primary amides is 1. The van der Waals surface area contributed by atoms with Crippen LogP contribution < -0.4 is 20.7 Å². The summed E-state index contributed by atoms with van der Waals surface area (Å²) in [6.07, 6.45) is 5.46. The van der Waals surface area contributed by atoms with E-state index in [4.69, 9.17) is 45.8 Å². The molecule has 0 unspecified atom stereocenters. The number of benzene rings is 1. The number of anilines is 1. The maximum absolute atomic E-state index is 14.3. The molecule has 63 heavy (non-hydrogen) atoms. The van der Waals surface area contributed by atoms with Crippen molar-refractivity contribution in [3.05, 3.63) is 58.7 Å². The lowest BCUT2D eigenvalue weighted by atomic mass is 9.83. The number of likely N-dealkylation sites (N-methyl/N-ethyl adjacent to an activating group) is 1. The summed E-state index contributed by atoms with van der Waals surface area (Å²) in [5.74, 6) is -1.38. The summed E-state index contributed by atoms with van der Waals surface area (Å²) in [4.78, 5) is 68.3. The number of carbonyl (C=O) groups excluding carboxylic acids is 5. The average molecular weight is 922 g/mol. The first-order valence-electron chi connectivity index (χ1n) is 21.1. The monoisotopic (exact) mass is 920 g/mol. The number of nitrogens with zero attached hydrogens (tertiary/aromatic N) is 2. The normalized spacial score (nSPS) is 28.5. The third-order valence-corrected chi connectivity index (χ3v) is 13.6. The van der Waals surface area contributed by atoms with Crippen molar-refractivity contribution in [2.24, 2.45) is 11.7 Å². The molecular formula is C45H65ClN4O12S. The van der Waals surface area contributed by atoms with Gasteiger partial charge in [-0.1, -0.05) is 68.3 Å². The van der Waals surface area contributed by atoms with E-state index in [0.717, 1.165) is 11.1 Å². The van der Waals surface area contributed by atoms with Gasteiger partial charge in [-0.25, -0.2) is 9.59 Å². The van der Waals surface area contributed by atoms with Crippen LogP contribution in [0.3, 0.4) is 0 Å². The molecule has 350 valence electrons. The molecule has 1 aromatic rings.